The van der Waals surface area contributed by atoms with E-state index in [1.165, 1.54) is 55.8 Å². The fourth-order valence-electron chi connectivity index (χ4n) is 4.32. The maximum absolute atomic E-state index is 2.39. The van der Waals surface area contributed by atoms with E-state index >= 15 is 0 Å². The average molecular weight is 567 g/mol. The smallest absolute Gasteiger partial charge is 0.167 e. The molecule has 1 nitrogen and oxygen atoms in total. The van der Waals surface area contributed by atoms with Gasteiger partial charge in [0.15, 0.2) is 12.4 Å². The van der Waals surface area contributed by atoms with Crippen molar-refractivity contribution in [3.63, 3.8) is 0 Å². The minimum atomic E-state index is 1.17. The lowest BCUT2D eigenvalue weighted by atomic mass is 10.1. The van der Waals surface area contributed by atoms with Crippen LogP contribution in [-0.4, -0.2) is 0 Å². The molecule has 0 aliphatic rings. The van der Waals surface area contributed by atoms with Gasteiger partial charge in [-0.25, -0.2) is 0 Å². The van der Waals surface area contributed by atoms with Crippen LogP contribution in [0.1, 0.15) is 0 Å². The number of aromatic nitrogens is 1. The van der Waals surface area contributed by atoms with Gasteiger partial charge in [-0.1, -0.05) is 30.3 Å². The highest BCUT2D eigenvalue weighted by Crippen LogP contribution is 2.49. The van der Waals surface area contributed by atoms with Crippen molar-refractivity contribution in [3.05, 3.63) is 120 Å². The predicted octanol–water partition coefficient (Wildman–Crippen LogP) is 10.6. The van der Waals surface area contributed by atoms with Crippen LogP contribution in [0.5, 0.6) is 0 Å². The summed E-state index contributed by atoms with van der Waals surface area (Å²) in [5.41, 5.74) is 3.70. The van der Waals surface area contributed by atoms with Gasteiger partial charge in [0.25, 0.3) is 0 Å². The van der Waals surface area contributed by atoms with E-state index in [2.05, 4.69) is 125 Å². The van der Waals surface area contributed by atoms with Crippen LogP contribution in [0.4, 0.5) is 0 Å². The van der Waals surface area contributed by atoms with Crippen LogP contribution >= 0.6 is 56.7 Å². The van der Waals surface area contributed by atoms with Crippen LogP contribution in [0.2, 0.25) is 0 Å². The number of nitrogens with zero attached hydrogens (tertiary/aromatic N) is 1. The van der Waals surface area contributed by atoms with E-state index in [0.717, 1.165) is 0 Å². The van der Waals surface area contributed by atoms with Crippen molar-refractivity contribution in [2.24, 2.45) is 0 Å². The second kappa shape index (κ2) is 9.97. The molecule has 0 aliphatic carbocycles. The molecule has 1 aromatic carbocycles. The lowest BCUT2D eigenvalue weighted by molar-refractivity contribution is -0.595. The summed E-state index contributed by atoms with van der Waals surface area (Å²) in [6.07, 6.45) is 4.33. The van der Waals surface area contributed by atoms with Gasteiger partial charge in [0, 0.05) is 64.0 Å². The normalized spacial score (nSPS) is 11.2. The molecule has 0 atom stereocenters. The fraction of sp³-hybridized carbons (Fsp3) is 0. The van der Waals surface area contributed by atoms with E-state index in [1.807, 2.05) is 34.0 Å². The van der Waals surface area contributed by atoms with Crippen molar-refractivity contribution < 1.29 is 4.57 Å². The summed E-state index contributed by atoms with van der Waals surface area (Å²) in [6.45, 7) is 0. The maximum Gasteiger partial charge on any atom is 0.210 e. The van der Waals surface area contributed by atoms with Gasteiger partial charge in [-0.3, -0.25) is 0 Å². The first-order valence-corrected chi connectivity index (χ1v) is 16.0. The Morgan fingerprint density at radius 1 is 0.459 bits per heavy atom. The summed E-state index contributed by atoms with van der Waals surface area (Å²) in [5, 5.41) is 4.30. The lowest BCUT2D eigenvalue weighted by Gasteiger charge is -2.02. The SMILES string of the molecule is c1ccc(-[n+]2ccc(-c3cc(-c4ccc(-c5cccs5)s4)sc3-c3ccc(-c4cccs4)s3)cc2)cc1. The van der Waals surface area contributed by atoms with Crippen LogP contribution in [0.3, 0.4) is 0 Å². The Kier molecular flexibility index (Phi) is 6.20. The number of hydrogen-bond acceptors (Lipinski definition) is 5. The molecular weight excluding hydrogens is 547 g/mol. The summed E-state index contributed by atoms with van der Waals surface area (Å²) < 4.78 is 2.17. The Balaban J connectivity index is 1.31. The van der Waals surface area contributed by atoms with Crippen molar-refractivity contribution in [1.29, 1.82) is 0 Å². The Morgan fingerprint density at radius 2 is 1.05 bits per heavy atom. The summed E-state index contributed by atoms with van der Waals surface area (Å²) in [6, 6.07) is 35.1. The van der Waals surface area contributed by atoms with E-state index in [0.29, 0.717) is 0 Å². The van der Waals surface area contributed by atoms with Crippen LogP contribution < -0.4 is 4.57 Å². The summed E-state index contributed by atoms with van der Waals surface area (Å²) in [4.78, 5) is 10.6. The zero-order chi connectivity index (χ0) is 24.6. The fourth-order valence-corrected chi connectivity index (χ4v) is 9.39. The average Bonchev–Trinajstić information content (AvgIpc) is 3.77. The molecule has 0 saturated heterocycles. The largest absolute Gasteiger partial charge is 0.210 e. The molecule has 37 heavy (non-hydrogen) atoms. The Labute approximate surface area is 235 Å². The molecule has 0 spiro atoms. The number of rotatable bonds is 6. The molecule has 6 heterocycles. The van der Waals surface area contributed by atoms with Gasteiger partial charge in [-0.2, -0.15) is 4.57 Å². The molecule has 0 amide bonds. The van der Waals surface area contributed by atoms with Gasteiger partial charge in [0.05, 0.1) is 4.88 Å². The second-order valence-electron chi connectivity index (χ2n) is 8.47. The molecule has 6 aromatic heterocycles. The van der Waals surface area contributed by atoms with Crippen LogP contribution in [0, 0.1) is 0 Å². The molecular formula is C31H20NS5+. The summed E-state index contributed by atoms with van der Waals surface area (Å²) >= 11 is 9.27. The second-order valence-corrected chi connectivity index (χ2v) is 13.6. The number of benzene rings is 1. The molecule has 0 unspecified atom stereocenters. The maximum atomic E-state index is 2.39. The van der Waals surface area contributed by atoms with E-state index in [9.17, 15) is 0 Å². The van der Waals surface area contributed by atoms with Crippen molar-refractivity contribution in [2.75, 3.05) is 0 Å². The molecule has 178 valence electrons. The van der Waals surface area contributed by atoms with E-state index in [1.54, 1.807) is 22.7 Å². The van der Waals surface area contributed by atoms with Gasteiger partial charge in [-0.05, 0) is 58.8 Å². The van der Waals surface area contributed by atoms with E-state index in [4.69, 9.17) is 0 Å². The van der Waals surface area contributed by atoms with Gasteiger partial charge in [0.1, 0.15) is 0 Å². The highest BCUT2D eigenvalue weighted by Gasteiger charge is 2.19. The highest BCUT2D eigenvalue weighted by molar-refractivity contribution is 7.29. The van der Waals surface area contributed by atoms with Crippen molar-refractivity contribution >= 4 is 56.7 Å². The van der Waals surface area contributed by atoms with Crippen molar-refractivity contribution in [3.8, 4) is 55.8 Å². The topological polar surface area (TPSA) is 3.88 Å². The molecule has 7 aromatic rings. The van der Waals surface area contributed by atoms with Gasteiger partial charge < -0.3 is 0 Å². The summed E-state index contributed by atoms with van der Waals surface area (Å²) in [5.74, 6) is 0. The van der Waals surface area contributed by atoms with Gasteiger partial charge in [-0.15, -0.1) is 56.7 Å². The predicted molar refractivity (Wildman–Crippen MR) is 165 cm³/mol. The Bertz CT molecular complexity index is 1750. The van der Waals surface area contributed by atoms with Crippen LogP contribution in [0.15, 0.2) is 120 Å². The molecule has 0 N–H and O–H groups in total. The molecule has 7 rings (SSSR count). The van der Waals surface area contributed by atoms with E-state index < -0.39 is 0 Å². The van der Waals surface area contributed by atoms with Gasteiger partial charge >= 0.3 is 0 Å². The van der Waals surface area contributed by atoms with Crippen LogP contribution in [-0.2, 0) is 0 Å². The zero-order valence-electron chi connectivity index (χ0n) is 19.5. The van der Waals surface area contributed by atoms with Gasteiger partial charge in [0.2, 0.25) is 5.69 Å². The first-order valence-electron chi connectivity index (χ1n) is 11.8. The zero-order valence-corrected chi connectivity index (χ0v) is 23.6. The Morgan fingerprint density at radius 3 is 1.68 bits per heavy atom. The minimum absolute atomic E-state index is 1.17. The van der Waals surface area contributed by atoms with Crippen molar-refractivity contribution in [1.82, 2.24) is 0 Å². The number of para-hydroxylation sites is 1. The highest BCUT2D eigenvalue weighted by atomic mass is 32.1. The third kappa shape index (κ3) is 4.56. The quantitative estimate of drug-likeness (QED) is 0.176. The Hall–Kier alpha value is -3.13. The molecule has 6 heteroatoms. The molecule has 0 bridgehead atoms. The third-order valence-electron chi connectivity index (χ3n) is 6.13. The first kappa shape index (κ1) is 23.0. The molecule has 0 aliphatic heterocycles. The molecule has 0 radical (unpaired) electrons. The summed E-state index contributed by atoms with van der Waals surface area (Å²) in [7, 11) is 0. The molecule has 0 saturated carbocycles. The van der Waals surface area contributed by atoms with Crippen molar-refractivity contribution in [2.45, 2.75) is 0 Å². The number of hydrogen-bond donors (Lipinski definition) is 0. The molecule has 0 fully saturated rings. The number of pyridine rings is 1. The first-order chi connectivity index (χ1) is 18.3. The van der Waals surface area contributed by atoms with Crippen LogP contribution in [0.25, 0.3) is 55.8 Å². The standard InChI is InChI=1S/C31H20NS5/c1-2-6-22(7-3-1)32-16-14-21(15-17-32)23-20-30(28-11-10-26(35-28)24-8-4-18-33-24)37-31(23)29-13-12-27(36-29)25-9-5-19-34-25/h1-20H/q+1. The third-order valence-corrected chi connectivity index (χ3v) is 11.9. The number of thiophene rings is 5. The minimum Gasteiger partial charge on any atom is -0.167 e. The van der Waals surface area contributed by atoms with E-state index in [-0.39, 0.29) is 0 Å². The monoisotopic (exact) mass is 566 g/mol. The lowest BCUT2D eigenvalue weighted by Crippen LogP contribution is -2.28.